The fourth-order valence-electron chi connectivity index (χ4n) is 7.47. The van der Waals surface area contributed by atoms with Crippen LogP contribution >= 0.6 is 0 Å². The number of hydrogen-bond donors (Lipinski definition) is 0. The van der Waals surface area contributed by atoms with Crippen molar-refractivity contribution in [3.05, 3.63) is 72.9 Å². The van der Waals surface area contributed by atoms with Gasteiger partial charge in [0, 0.05) is 19.3 Å². The molecule has 0 aromatic rings. The van der Waals surface area contributed by atoms with E-state index in [-0.39, 0.29) is 37.5 Å². The molecule has 0 aromatic carbocycles. The van der Waals surface area contributed by atoms with Crippen molar-refractivity contribution in [3.63, 3.8) is 0 Å². The van der Waals surface area contributed by atoms with Crippen LogP contribution in [-0.4, -0.2) is 37.2 Å². The maximum absolute atomic E-state index is 12.8. The average molecular weight is 893 g/mol. The van der Waals surface area contributed by atoms with Crippen molar-refractivity contribution in [3.8, 4) is 0 Å². The van der Waals surface area contributed by atoms with Crippen LogP contribution in [-0.2, 0) is 28.6 Å². The van der Waals surface area contributed by atoms with Crippen LogP contribution in [0.4, 0.5) is 0 Å². The van der Waals surface area contributed by atoms with Gasteiger partial charge in [0.1, 0.15) is 13.2 Å². The van der Waals surface area contributed by atoms with Crippen molar-refractivity contribution in [1.82, 2.24) is 0 Å². The summed E-state index contributed by atoms with van der Waals surface area (Å²) in [6.45, 7) is 6.39. The molecule has 0 saturated heterocycles. The SMILES string of the molecule is CC/C=C\C/C=C\C/C=C\C/C=C\CCCCCC(=O)OC(COC(=O)CCCCCCC/C=C\C/C=C\CC)COC(=O)CCCCCCCCCCCCCCCCCCCC. The molecule has 0 fully saturated rings. The zero-order valence-corrected chi connectivity index (χ0v) is 42.0. The molecule has 0 heterocycles. The maximum Gasteiger partial charge on any atom is 0.306 e. The summed E-state index contributed by atoms with van der Waals surface area (Å²) in [6, 6.07) is 0. The van der Waals surface area contributed by atoms with Gasteiger partial charge in [-0.3, -0.25) is 14.4 Å². The second-order valence-corrected chi connectivity index (χ2v) is 17.7. The summed E-state index contributed by atoms with van der Waals surface area (Å²) in [4.78, 5) is 38.0. The van der Waals surface area contributed by atoms with E-state index in [1.165, 1.54) is 96.3 Å². The zero-order chi connectivity index (χ0) is 46.5. The average Bonchev–Trinajstić information content (AvgIpc) is 3.29. The van der Waals surface area contributed by atoms with Crippen molar-refractivity contribution in [1.29, 1.82) is 0 Å². The predicted octanol–water partition coefficient (Wildman–Crippen LogP) is 17.8. The summed E-state index contributed by atoms with van der Waals surface area (Å²) in [7, 11) is 0. The van der Waals surface area contributed by atoms with Gasteiger partial charge in [-0.2, -0.15) is 0 Å². The van der Waals surface area contributed by atoms with Gasteiger partial charge in [0.25, 0.3) is 0 Å². The highest BCUT2D eigenvalue weighted by Gasteiger charge is 2.19. The van der Waals surface area contributed by atoms with Gasteiger partial charge in [-0.25, -0.2) is 0 Å². The number of ether oxygens (including phenoxy) is 3. The molecule has 0 aliphatic heterocycles. The zero-order valence-electron chi connectivity index (χ0n) is 42.0. The minimum absolute atomic E-state index is 0.0912. The molecule has 0 N–H and O–H groups in total. The second kappa shape index (κ2) is 52.5. The van der Waals surface area contributed by atoms with E-state index in [0.29, 0.717) is 12.8 Å². The summed E-state index contributed by atoms with van der Waals surface area (Å²) >= 11 is 0. The van der Waals surface area contributed by atoms with E-state index in [2.05, 4.69) is 93.7 Å². The fourth-order valence-corrected chi connectivity index (χ4v) is 7.47. The van der Waals surface area contributed by atoms with Crippen LogP contribution in [0.3, 0.4) is 0 Å². The molecule has 0 aromatic heterocycles. The van der Waals surface area contributed by atoms with Crippen LogP contribution in [0.2, 0.25) is 0 Å². The minimum atomic E-state index is -0.796. The third-order valence-corrected chi connectivity index (χ3v) is 11.5. The molecule has 64 heavy (non-hydrogen) atoms. The molecule has 0 amide bonds. The number of carbonyl (C=O) groups excluding carboxylic acids is 3. The van der Waals surface area contributed by atoms with Crippen LogP contribution in [0.1, 0.15) is 258 Å². The molecule has 6 heteroatoms. The van der Waals surface area contributed by atoms with Crippen molar-refractivity contribution in [2.24, 2.45) is 0 Å². The lowest BCUT2D eigenvalue weighted by Crippen LogP contribution is -2.30. The Labute approximate surface area is 395 Å². The van der Waals surface area contributed by atoms with Gasteiger partial charge in [0.15, 0.2) is 6.10 Å². The fraction of sp³-hybridized carbons (Fsp3) is 0.741. The molecule has 6 nitrogen and oxygen atoms in total. The van der Waals surface area contributed by atoms with Crippen molar-refractivity contribution < 1.29 is 28.6 Å². The Bertz CT molecular complexity index is 1210. The topological polar surface area (TPSA) is 78.9 Å². The highest BCUT2D eigenvalue weighted by molar-refractivity contribution is 5.71. The summed E-state index contributed by atoms with van der Waals surface area (Å²) < 4.78 is 16.8. The molecule has 0 bridgehead atoms. The first-order chi connectivity index (χ1) is 31.5. The third kappa shape index (κ3) is 49.9. The quantitative estimate of drug-likeness (QED) is 0.0262. The molecule has 0 aliphatic rings. The lowest BCUT2D eigenvalue weighted by molar-refractivity contribution is -0.167. The first-order valence-corrected chi connectivity index (χ1v) is 26.9. The highest BCUT2D eigenvalue weighted by Crippen LogP contribution is 2.16. The molecule has 0 spiro atoms. The lowest BCUT2D eigenvalue weighted by Gasteiger charge is -2.18. The molecule has 0 rings (SSSR count). The molecule has 0 radical (unpaired) electrons. The molecular formula is C58H100O6. The third-order valence-electron chi connectivity index (χ3n) is 11.5. The Morgan fingerprint density at radius 3 is 0.969 bits per heavy atom. The summed E-state index contributed by atoms with van der Waals surface area (Å²) in [5, 5.41) is 0. The van der Waals surface area contributed by atoms with Gasteiger partial charge in [0.05, 0.1) is 0 Å². The monoisotopic (exact) mass is 893 g/mol. The normalized spacial score (nSPS) is 12.6. The van der Waals surface area contributed by atoms with E-state index in [1.54, 1.807) is 0 Å². The smallest absolute Gasteiger partial charge is 0.306 e. The lowest BCUT2D eigenvalue weighted by atomic mass is 10.0. The van der Waals surface area contributed by atoms with E-state index >= 15 is 0 Å². The highest BCUT2D eigenvalue weighted by atomic mass is 16.6. The van der Waals surface area contributed by atoms with Gasteiger partial charge in [-0.05, 0) is 83.5 Å². The van der Waals surface area contributed by atoms with Crippen LogP contribution in [0, 0.1) is 0 Å². The number of rotatable bonds is 48. The molecule has 368 valence electrons. The Balaban J connectivity index is 4.40. The Hall–Kier alpha value is -3.15. The van der Waals surface area contributed by atoms with Crippen molar-refractivity contribution in [2.75, 3.05) is 13.2 Å². The number of unbranched alkanes of at least 4 members (excludes halogenated alkanes) is 25. The van der Waals surface area contributed by atoms with Crippen LogP contribution in [0.5, 0.6) is 0 Å². The molecule has 1 unspecified atom stereocenters. The van der Waals surface area contributed by atoms with Crippen molar-refractivity contribution >= 4 is 17.9 Å². The Morgan fingerprint density at radius 1 is 0.328 bits per heavy atom. The molecular weight excluding hydrogens is 793 g/mol. The van der Waals surface area contributed by atoms with E-state index in [4.69, 9.17) is 14.2 Å². The second-order valence-electron chi connectivity index (χ2n) is 17.7. The summed E-state index contributed by atoms with van der Waals surface area (Å²) in [5.74, 6) is -0.933. The van der Waals surface area contributed by atoms with Gasteiger partial charge in [-0.1, -0.05) is 229 Å². The van der Waals surface area contributed by atoms with Gasteiger partial charge >= 0.3 is 17.9 Å². The van der Waals surface area contributed by atoms with Crippen LogP contribution < -0.4 is 0 Å². The largest absolute Gasteiger partial charge is 0.462 e. The number of esters is 3. The summed E-state index contributed by atoms with van der Waals surface area (Å²) in [6.07, 6.45) is 66.1. The molecule has 0 saturated carbocycles. The first kappa shape index (κ1) is 60.9. The minimum Gasteiger partial charge on any atom is -0.462 e. The van der Waals surface area contributed by atoms with E-state index in [0.717, 1.165) is 122 Å². The van der Waals surface area contributed by atoms with Gasteiger partial charge < -0.3 is 14.2 Å². The summed E-state index contributed by atoms with van der Waals surface area (Å²) in [5.41, 5.74) is 0. The molecule has 0 aliphatic carbocycles. The van der Waals surface area contributed by atoms with Gasteiger partial charge in [0.2, 0.25) is 0 Å². The number of hydrogen-bond acceptors (Lipinski definition) is 6. The number of carbonyl (C=O) groups is 3. The maximum atomic E-state index is 12.8. The first-order valence-electron chi connectivity index (χ1n) is 26.9. The van der Waals surface area contributed by atoms with Gasteiger partial charge in [-0.15, -0.1) is 0 Å². The van der Waals surface area contributed by atoms with E-state index < -0.39 is 6.10 Å². The van der Waals surface area contributed by atoms with E-state index in [1.807, 2.05) is 0 Å². The molecule has 1 atom stereocenters. The van der Waals surface area contributed by atoms with Crippen LogP contribution in [0.15, 0.2) is 72.9 Å². The van der Waals surface area contributed by atoms with Crippen molar-refractivity contribution in [2.45, 2.75) is 264 Å². The van der Waals surface area contributed by atoms with Crippen LogP contribution in [0.25, 0.3) is 0 Å². The standard InChI is InChI=1S/C58H100O6/c1-4-7-10-13-16-19-22-25-27-29-30-32-33-36-39-42-45-48-51-57(60)63-54-55(53-62-56(59)50-47-44-41-38-35-24-21-18-15-12-9-6-3)64-58(61)52-49-46-43-40-37-34-31-28-26-23-20-17-14-11-8-5-2/h8-9,11-12,17-18,20-21,26,28,34,37,55H,4-7,10,13-16,19,22-25,27,29-33,35-36,38-54H2,1-3H3/b11-8-,12-9-,20-17-,21-18-,28-26-,37-34-. The van der Waals surface area contributed by atoms with E-state index in [9.17, 15) is 14.4 Å². The Kier molecular flexibility index (Phi) is 49.9. The number of allylic oxidation sites excluding steroid dienone is 12. The Morgan fingerprint density at radius 2 is 0.609 bits per heavy atom. The predicted molar refractivity (Wildman–Crippen MR) is 274 cm³/mol.